The maximum Gasteiger partial charge on any atom is 0.00285 e. The van der Waals surface area contributed by atoms with Crippen molar-refractivity contribution in [3.05, 3.63) is 108 Å². The molecule has 0 saturated carbocycles. The zero-order valence-corrected chi connectivity index (χ0v) is 14.5. The van der Waals surface area contributed by atoms with Crippen molar-refractivity contribution in [2.24, 2.45) is 0 Å². The molecule has 118 valence electrons. The molecular formula is C22H24S. The first-order valence-corrected chi connectivity index (χ1v) is 10.6. The van der Waals surface area contributed by atoms with Gasteiger partial charge in [0.15, 0.2) is 0 Å². The Hall–Kier alpha value is -1.99. The molecule has 1 heteroatoms. The molecule has 0 aliphatic rings. The molecule has 0 heterocycles. The van der Waals surface area contributed by atoms with Gasteiger partial charge in [-0.1, -0.05) is 91.0 Å². The molecule has 0 aromatic heterocycles. The monoisotopic (exact) mass is 320 g/mol. The van der Waals surface area contributed by atoms with E-state index in [4.69, 9.17) is 0 Å². The van der Waals surface area contributed by atoms with Crippen LogP contribution in [0.1, 0.15) is 16.7 Å². The van der Waals surface area contributed by atoms with Crippen molar-refractivity contribution >= 4 is 10.0 Å². The third-order valence-electron chi connectivity index (χ3n) is 4.07. The largest absolute Gasteiger partial charge is 0.232 e. The smallest absolute Gasteiger partial charge is 0.00285 e. The zero-order valence-electron chi connectivity index (χ0n) is 13.7. The second-order valence-electron chi connectivity index (χ2n) is 6.37. The van der Waals surface area contributed by atoms with Crippen LogP contribution in [0.15, 0.2) is 91.0 Å². The maximum atomic E-state index is 2.50. The zero-order chi connectivity index (χ0) is 16.0. The summed E-state index contributed by atoms with van der Waals surface area (Å²) in [7, 11) is -0.798. The molecule has 0 aliphatic heterocycles. The predicted molar refractivity (Wildman–Crippen MR) is 104 cm³/mol. The van der Waals surface area contributed by atoms with Crippen molar-refractivity contribution in [2.75, 3.05) is 6.26 Å². The molecular weight excluding hydrogens is 296 g/mol. The van der Waals surface area contributed by atoms with Crippen LogP contribution in [-0.4, -0.2) is 6.26 Å². The van der Waals surface area contributed by atoms with Gasteiger partial charge in [0.25, 0.3) is 0 Å². The topological polar surface area (TPSA) is 0 Å². The molecule has 0 nitrogen and oxygen atoms in total. The molecule has 23 heavy (non-hydrogen) atoms. The van der Waals surface area contributed by atoms with E-state index in [1.165, 1.54) is 33.9 Å². The second-order valence-corrected chi connectivity index (χ2v) is 10.2. The van der Waals surface area contributed by atoms with Gasteiger partial charge in [0.1, 0.15) is 0 Å². The number of rotatable bonds is 6. The molecule has 3 aromatic carbocycles. The number of hydrogen-bond acceptors (Lipinski definition) is 0. The minimum atomic E-state index is -0.798. The Morgan fingerprint density at radius 1 is 0.478 bits per heavy atom. The summed E-state index contributed by atoms with van der Waals surface area (Å²) in [5.74, 6) is 3.53. The summed E-state index contributed by atoms with van der Waals surface area (Å²) >= 11 is 0. The summed E-state index contributed by atoms with van der Waals surface area (Å²) in [6.45, 7) is 0. The fraction of sp³-hybridized carbons (Fsp3) is 0.182. The molecule has 0 saturated heterocycles. The quantitative estimate of drug-likeness (QED) is 0.521. The molecule has 3 aromatic rings. The molecule has 0 bridgehead atoms. The van der Waals surface area contributed by atoms with Crippen LogP contribution in [-0.2, 0) is 17.3 Å². The van der Waals surface area contributed by atoms with Gasteiger partial charge < -0.3 is 0 Å². The van der Waals surface area contributed by atoms with Crippen molar-refractivity contribution < 1.29 is 0 Å². The summed E-state index contributed by atoms with van der Waals surface area (Å²) < 4.78 is 0. The van der Waals surface area contributed by atoms with E-state index >= 15 is 0 Å². The van der Waals surface area contributed by atoms with Crippen LogP contribution in [0, 0.1) is 0 Å². The van der Waals surface area contributed by atoms with E-state index in [1.54, 1.807) is 0 Å². The lowest BCUT2D eigenvalue weighted by molar-refractivity contribution is 1.26. The van der Waals surface area contributed by atoms with Gasteiger partial charge in [-0.15, -0.1) is 0 Å². The average molecular weight is 321 g/mol. The van der Waals surface area contributed by atoms with Crippen molar-refractivity contribution in [3.63, 3.8) is 0 Å². The molecule has 0 aliphatic carbocycles. The van der Waals surface area contributed by atoms with Crippen LogP contribution in [0.3, 0.4) is 0 Å². The highest BCUT2D eigenvalue weighted by molar-refractivity contribution is 8.31. The Balaban J connectivity index is 1.85. The first-order chi connectivity index (χ1) is 11.2. The van der Waals surface area contributed by atoms with E-state index in [9.17, 15) is 0 Å². The van der Waals surface area contributed by atoms with Gasteiger partial charge in [0.2, 0.25) is 0 Å². The minimum Gasteiger partial charge on any atom is -0.232 e. The van der Waals surface area contributed by atoms with E-state index in [-0.39, 0.29) is 0 Å². The fourth-order valence-electron chi connectivity index (χ4n) is 3.08. The van der Waals surface area contributed by atoms with Gasteiger partial charge in [-0.05, 0) is 22.9 Å². The van der Waals surface area contributed by atoms with Crippen molar-refractivity contribution in [1.82, 2.24) is 0 Å². The fourth-order valence-corrected chi connectivity index (χ4v) is 6.38. The predicted octanol–water partition coefficient (Wildman–Crippen LogP) is 6.02. The lowest BCUT2D eigenvalue weighted by Crippen LogP contribution is -2.08. The molecule has 0 unspecified atom stereocenters. The summed E-state index contributed by atoms with van der Waals surface area (Å²) in [5, 5.41) is 0. The molecule has 0 N–H and O–H groups in total. The summed E-state index contributed by atoms with van der Waals surface area (Å²) in [6.07, 6.45) is 2.50. The molecule has 0 amide bonds. The van der Waals surface area contributed by atoms with Crippen molar-refractivity contribution in [3.8, 4) is 0 Å². The van der Waals surface area contributed by atoms with E-state index < -0.39 is 10.0 Å². The summed E-state index contributed by atoms with van der Waals surface area (Å²) in [5.41, 5.74) is 4.37. The van der Waals surface area contributed by atoms with E-state index in [0.29, 0.717) is 0 Å². The first-order valence-electron chi connectivity index (χ1n) is 8.07. The van der Waals surface area contributed by atoms with E-state index in [1.807, 2.05) is 0 Å². The Kier molecular flexibility index (Phi) is 5.19. The Labute approximate surface area is 141 Å². The normalized spacial score (nSPS) is 12.0. The van der Waals surface area contributed by atoms with Gasteiger partial charge in [0.05, 0.1) is 0 Å². The molecule has 0 fully saturated rings. The third kappa shape index (κ3) is 4.74. The van der Waals surface area contributed by atoms with Crippen LogP contribution >= 0.6 is 10.0 Å². The molecule has 0 spiro atoms. The maximum absolute atomic E-state index is 2.50. The summed E-state index contributed by atoms with van der Waals surface area (Å²) in [4.78, 5) is 0. The van der Waals surface area contributed by atoms with Crippen LogP contribution in [0.25, 0.3) is 0 Å². The van der Waals surface area contributed by atoms with Gasteiger partial charge in [-0.2, -0.15) is 0 Å². The van der Waals surface area contributed by atoms with Gasteiger partial charge in [-0.3, -0.25) is 0 Å². The van der Waals surface area contributed by atoms with Crippen LogP contribution in [0.4, 0.5) is 0 Å². The highest BCUT2D eigenvalue weighted by Crippen LogP contribution is 2.53. The number of benzene rings is 3. The molecule has 0 atom stereocenters. The Morgan fingerprint density at radius 3 is 1.00 bits per heavy atom. The molecule has 0 radical (unpaired) electrons. The van der Waals surface area contributed by atoms with Crippen LogP contribution in [0.5, 0.6) is 0 Å². The van der Waals surface area contributed by atoms with Crippen LogP contribution in [0.2, 0.25) is 0 Å². The van der Waals surface area contributed by atoms with Gasteiger partial charge >= 0.3 is 0 Å². The van der Waals surface area contributed by atoms with E-state index in [2.05, 4.69) is 97.3 Å². The molecule has 3 rings (SSSR count). The highest BCUT2D eigenvalue weighted by atomic mass is 32.3. The van der Waals surface area contributed by atoms with Crippen molar-refractivity contribution in [2.45, 2.75) is 17.3 Å². The van der Waals surface area contributed by atoms with Gasteiger partial charge in [0, 0.05) is 17.3 Å². The average Bonchev–Trinajstić information content (AvgIpc) is 2.57. The lowest BCUT2D eigenvalue weighted by Gasteiger charge is -2.37. The van der Waals surface area contributed by atoms with E-state index in [0.717, 1.165) is 0 Å². The standard InChI is InChI=1S/C22H24S/c1-23(17-20-11-5-2-6-12-20,18-21-13-7-3-8-14-21)19-22-15-9-4-10-16-22/h2-16H,17-19H2,1H3. The Bertz CT molecular complexity index is 603. The Morgan fingerprint density at radius 2 is 0.739 bits per heavy atom. The first kappa shape index (κ1) is 15.9. The lowest BCUT2D eigenvalue weighted by atomic mass is 10.2. The SMILES string of the molecule is CS(Cc1ccccc1)(Cc1ccccc1)Cc1ccccc1. The van der Waals surface area contributed by atoms with Crippen LogP contribution < -0.4 is 0 Å². The second kappa shape index (κ2) is 7.52. The van der Waals surface area contributed by atoms with Crippen molar-refractivity contribution in [1.29, 1.82) is 0 Å². The van der Waals surface area contributed by atoms with Gasteiger partial charge in [-0.25, -0.2) is 10.0 Å². The number of hydrogen-bond donors (Lipinski definition) is 0. The third-order valence-corrected chi connectivity index (χ3v) is 7.16. The minimum absolute atomic E-state index is 0.798. The summed E-state index contributed by atoms with van der Waals surface area (Å²) in [6, 6.07) is 32.8. The highest BCUT2D eigenvalue weighted by Gasteiger charge is 2.20.